The van der Waals surface area contributed by atoms with Gasteiger partial charge >= 0.3 is 0 Å². The van der Waals surface area contributed by atoms with Gasteiger partial charge in [0.2, 0.25) is 5.82 Å². The molecule has 2 aromatic carbocycles. The Kier molecular flexibility index (Phi) is 6.81. The van der Waals surface area contributed by atoms with E-state index in [2.05, 4.69) is 15.3 Å². The van der Waals surface area contributed by atoms with Crippen LogP contribution in [0.5, 0.6) is 5.75 Å². The highest BCUT2D eigenvalue weighted by molar-refractivity contribution is 7.14. The lowest BCUT2D eigenvalue weighted by Gasteiger charge is -2.16. The maximum absolute atomic E-state index is 14.5. The average molecular weight is 624 g/mol. The second kappa shape index (κ2) is 10.9. The number of anilines is 1. The molecule has 0 bridgehead atoms. The van der Waals surface area contributed by atoms with Crippen LogP contribution in [-0.4, -0.2) is 41.8 Å². The van der Waals surface area contributed by atoms with Crippen LogP contribution < -0.4 is 11.1 Å². The highest BCUT2D eigenvalue weighted by Gasteiger charge is 2.29. The molecule has 0 fully saturated rings. The Bertz CT molecular complexity index is 2180. The number of aldehydes is 1. The SMILES string of the molecule is Cc1cnc(-c2ccc3nc(-c4cccnc4N)n(-c4ccc5c(c4)CC[C@@H]5NC(=O)c4cc(C=O)c(O)c(F)c4F)c3n2)s1. The van der Waals surface area contributed by atoms with Crippen molar-refractivity contribution < 1.29 is 23.5 Å². The predicted molar refractivity (Wildman–Crippen MR) is 164 cm³/mol. The van der Waals surface area contributed by atoms with Crippen LogP contribution in [0.4, 0.5) is 14.6 Å². The van der Waals surface area contributed by atoms with Gasteiger partial charge in [0.05, 0.1) is 22.7 Å². The molecular formula is C32H23F2N7O3S. The summed E-state index contributed by atoms with van der Waals surface area (Å²) in [7, 11) is 0. The van der Waals surface area contributed by atoms with Gasteiger partial charge in [-0.3, -0.25) is 14.2 Å². The second-order valence-electron chi connectivity index (χ2n) is 10.6. The number of pyridine rings is 2. The van der Waals surface area contributed by atoms with Gasteiger partial charge in [0.25, 0.3) is 5.91 Å². The molecule has 0 unspecified atom stereocenters. The summed E-state index contributed by atoms with van der Waals surface area (Å²) < 4.78 is 30.6. The van der Waals surface area contributed by atoms with Crippen molar-refractivity contribution in [3.63, 3.8) is 0 Å². The number of hydrogen-bond acceptors (Lipinski definition) is 9. The molecule has 1 aliphatic carbocycles. The number of aryl methyl sites for hydroxylation is 2. The number of nitrogens with two attached hydrogens (primary N) is 1. The van der Waals surface area contributed by atoms with Crippen molar-refractivity contribution in [2.75, 3.05) is 5.73 Å². The van der Waals surface area contributed by atoms with Crippen molar-refractivity contribution in [2.24, 2.45) is 0 Å². The number of halogens is 2. The quantitative estimate of drug-likeness (QED) is 0.200. The van der Waals surface area contributed by atoms with Gasteiger partial charge in [-0.1, -0.05) is 6.07 Å². The zero-order valence-corrected chi connectivity index (χ0v) is 24.4. The molecule has 0 saturated heterocycles. The second-order valence-corrected chi connectivity index (χ2v) is 11.8. The van der Waals surface area contributed by atoms with E-state index in [0.29, 0.717) is 46.9 Å². The number of phenolic OH excluding ortho intramolecular Hbond substituents is 1. The minimum Gasteiger partial charge on any atom is -0.504 e. The molecule has 0 aliphatic heterocycles. The number of benzene rings is 2. The Labute approximate surface area is 258 Å². The van der Waals surface area contributed by atoms with Gasteiger partial charge in [-0.25, -0.2) is 24.3 Å². The lowest BCUT2D eigenvalue weighted by atomic mass is 10.0. The van der Waals surface area contributed by atoms with Crippen LogP contribution in [0.1, 0.15) is 49.2 Å². The summed E-state index contributed by atoms with van der Waals surface area (Å²) in [6, 6.07) is 13.4. The summed E-state index contributed by atoms with van der Waals surface area (Å²) >= 11 is 1.54. The molecule has 224 valence electrons. The summed E-state index contributed by atoms with van der Waals surface area (Å²) in [6.07, 6.45) is 4.66. The number of nitrogens with zero attached hydrogens (tertiary/aromatic N) is 5. The number of imidazole rings is 1. The largest absolute Gasteiger partial charge is 0.504 e. The molecule has 1 atom stereocenters. The Morgan fingerprint density at radius 2 is 1.98 bits per heavy atom. The molecular weight excluding hydrogens is 600 g/mol. The number of carbonyl (C=O) groups excluding carboxylic acids is 2. The van der Waals surface area contributed by atoms with Crippen LogP contribution in [0.15, 0.2) is 60.9 Å². The maximum Gasteiger partial charge on any atom is 0.254 e. The number of carbonyl (C=O) groups is 2. The summed E-state index contributed by atoms with van der Waals surface area (Å²) in [5, 5.41) is 13.2. The Hall–Kier alpha value is -5.56. The first-order valence-corrected chi connectivity index (χ1v) is 14.7. The number of hydrogen-bond donors (Lipinski definition) is 3. The molecule has 0 saturated carbocycles. The van der Waals surface area contributed by atoms with Gasteiger partial charge in [-0.05, 0) is 73.4 Å². The first kappa shape index (κ1) is 28.2. The fraction of sp³-hybridized carbons (Fsp3) is 0.125. The number of aromatic nitrogens is 5. The zero-order chi connectivity index (χ0) is 31.4. The summed E-state index contributed by atoms with van der Waals surface area (Å²) in [6.45, 7) is 1.98. The standard InChI is InChI=1S/C32H23F2N7O3S/c1-15-13-37-32(45-15)24-9-8-23-30(39-24)41(29(38-23)20-3-2-10-36-28(20)35)18-5-6-19-16(11-18)4-7-22(19)40-31(44)21-12-17(14-42)27(43)26(34)25(21)33/h2-3,5-6,8-14,22,43H,4,7H2,1H3,(H2,35,36)(H,40,44)/t22-/m0/s1. The summed E-state index contributed by atoms with van der Waals surface area (Å²) in [4.78, 5) is 43.8. The Morgan fingerprint density at radius 1 is 1.13 bits per heavy atom. The van der Waals surface area contributed by atoms with Crippen LogP contribution >= 0.6 is 11.3 Å². The molecule has 0 radical (unpaired) electrons. The first-order valence-electron chi connectivity index (χ1n) is 13.9. The third kappa shape index (κ3) is 4.77. The van der Waals surface area contributed by atoms with Crippen molar-refractivity contribution >= 4 is 40.5 Å². The molecule has 1 amide bonds. The van der Waals surface area contributed by atoms with E-state index in [9.17, 15) is 23.5 Å². The molecule has 13 heteroatoms. The van der Waals surface area contributed by atoms with E-state index in [1.807, 2.05) is 47.9 Å². The van der Waals surface area contributed by atoms with E-state index in [-0.39, 0.29) is 6.29 Å². The summed E-state index contributed by atoms with van der Waals surface area (Å²) in [5.41, 5.74) is 10.2. The van der Waals surface area contributed by atoms with Crippen molar-refractivity contribution in [1.29, 1.82) is 0 Å². The predicted octanol–water partition coefficient (Wildman–Crippen LogP) is 5.71. The van der Waals surface area contributed by atoms with E-state index in [1.165, 1.54) is 11.3 Å². The molecule has 4 aromatic heterocycles. The monoisotopic (exact) mass is 623 g/mol. The number of nitrogens with one attached hydrogen (secondary N) is 1. The van der Waals surface area contributed by atoms with Gasteiger partial charge in [-0.15, -0.1) is 11.3 Å². The number of thiazole rings is 1. The van der Waals surface area contributed by atoms with E-state index in [4.69, 9.17) is 15.7 Å². The van der Waals surface area contributed by atoms with Crippen LogP contribution in [0, 0.1) is 18.6 Å². The fourth-order valence-electron chi connectivity index (χ4n) is 5.60. The molecule has 4 heterocycles. The van der Waals surface area contributed by atoms with Crippen molar-refractivity contribution in [2.45, 2.75) is 25.8 Å². The molecule has 0 spiro atoms. The van der Waals surface area contributed by atoms with E-state index < -0.39 is 40.5 Å². The average Bonchev–Trinajstić information content (AvgIpc) is 3.76. The van der Waals surface area contributed by atoms with E-state index >= 15 is 0 Å². The van der Waals surface area contributed by atoms with Crippen LogP contribution in [0.3, 0.4) is 0 Å². The van der Waals surface area contributed by atoms with Gasteiger partial charge in [0, 0.05) is 23.0 Å². The number of aromatic hydroxyl groups is 1. The number of rotatable bonds is 6. The third-order valence-corrected chi connectivity index (χ3v) is 8.71. The minimum absolute atomic E-state index is 0.157. The molecule has 10 nitrogen and oxygen atoms in total. The lowest BCUT2D eigenvalue weighted by molar-refractivity contribution is 0.0931. The molecule has 4 N–H and O–H groups in total. The van der Waals surface area contributed by atoms with Crippen LogP contribution in [0.25, 0.3) is 38.9 Å². The number of phenols is 1. The Morgan fingerprint density at radius 3 is 2.73 bits per heavy atom. The van der Waals surface area contributed by atoms with Crippen molar-refractivity contribution in [3.8, 4) is 33.5 Å². The van der Waals surface area contributed by atoms with Crippen molar-refractivity contribution in [3.05, 3.63) is 99.7 Å². The normalized spacial score (nSPS) is 14.1. The van der Waals surface area contributed by atoms with Gasteiger partial charge in [-0.2, -0.15) is 4.39 Å². The number of nitrogen functional groups attached to an aromatic ring is 1. The van der Waals surface area contributed by atoms with Gasteiger partial charge in [0.15, 0.2) is 29.3 Å². The highest BCUT2D eigenvalue weighted by Crippen LogP contribution is 2.37. The van der Waals surface area contributed by atoms with E-state index in [0.717, 1.165) is 32.8 Å². The Balaban J connectivity index is 1.29. The number of amides is 1. The first-order chi connectivity index (χ1) is 21.7. The van der Waals surface area contributed by atoms with E-state index in [1.54, 1.807) is 18.5 Å². The minimum atomic E-state index is -1.65. The smallest absolute Gasteiger partial charge is 0.254 e. The van der Waals surface area contributed by atoms with Crippen LogP contribution in [0.2, 0.25) is 0 Å². The topological polar surface area (TPSA) is 149 Å². The zero-order valence-electron chi connectivity index (χ0n) is 23.6. The maximum atomic E-state index is 14.5. The summed E-state index contributed by atoms with van der Waals surface area (Å²) in [5.74, 6) is -4.36. The molecule has 1 aliphatic rings. The van der Waals surface area contributed by atoms with Gasteiger partial charge in [0.1, 0.15) is 22.0 Å². The molecule has 7 rings (SSSR count). The third-order valence-electron chi connectivity index (χ3n) is 7.77. The molecule has 6 aromatic rings. The van der Waals surface area contributed by atoms with Gasteiger partial charge < -0.3 is 16.2 Å². The fourth-order valence-corrected chi connectivity index (χ4v) is 6.34. The molecule has 45 heavy (non-hydrogen) atoms. The van der Waals surface area contributed by atoms with Crippen LogP contribution in [-0.2, 0) is 6.42 Å². The number of fused-ring (bicyclic) bond motifs is 2. The highest BCUT2D eigenvalue weighted by atomic mass is 32.1. The lowest BCUT2D eigenvalue weighted by Crippen LogP contribution is -2.28. The van der Waals surface area contributed by atoms with Crippen molar-refractivity contribution in [1.82, 2.24) is 29.8 Å².